The van der Waals surface area contributed by atoms with Crippen molar-refractivity contribution in [3.05, 3.63) is 23.8 Å². The maximum absolute atomic E-state index is 12.9. The van der Waals surface area contributed by atoms with Crippen LogP contribution in [0.2, 0.25) is 0 Å². The van der Waals surface area contributed by atoms with Crippen molar-refractivity contribution < 1.29 is 9.53 Å². The highest BCUT2D eigenvalue weighted by Gasteiger charge is 2.25. The maximum atomic E-state index is 12.9. The molecule has 122 valence electrons. The molecule has 1 aliphatic rings. The first-order valence-corrected chi connectivity index (χ1v) is 8.50. The number of carbonyl (C=O) groups is 1. The molecule has 4 nitrogen and oxygen atoms in total. The molecule has 0 aliphatic carbocycles. The van der Waals surface area contributed by atoms with Crippen molar-refractivity contribution in [3.63, 3.8) is 0 Å². The Labute approximate surface area is 133 Å². The van der Waals surface area contributed by atoms with Crippen molar-refractivity contribution in [1.29, 1.82) is 0 Å². The Morgan fingerprint density at radius 1 is 1.27 bits per heavy atom. The minimum Gasteiger partial charge on any atom is -0.490 e. The molecule has 0 fully saturated rings. The Morgan fingerprint density at radius 3 is 2.64 bits per heavy atom. The number of benzene rings is 1. The van der Waals surface area contributed by atoms with Crippen LogP contribution in [0.1, 0.15) is 50.4 Å². The van der Waals surface area contributed by atoms with Gasteiger partial charge in [0, 0.05) is 12.1 Å². The van der Waals surface area contributed by atoms with E-state index in [9.17, 15) is 4.79 Å². The second-order valence-corrected chi connectivity index (χ2v) is 5.81. The van der Waals surface area contributed by atoms with Crippen LogP contribution in [-0.4, -0.2) is 43.0 Å². The molecule has 1 unspecified atom stereocenters. The summed E-state index contributed by atoms with van der Waals surface area (Å²) >= 11 is 0. The van der Waals surface area contributed by atoms with Crippen molar-refractivity contribution in [2.75, 3.05) is 31.6 Å². The van der Waals surface area contributed by atoms with Gasteiger partial charge in [-0.3, -0.25) is 9.69 Å². The minimum absolute atomic E-state index is 0.0255. The molecule has 4 heteroatoms. The van der Waals surface area contributed by atoms with Gasteiger partial charge in [0.1, 0.15) is 12.4 Å². The maximum Gasteiger partial charge on any atom is 0.180 e. The average Bonchev–Trinajstić information content (AvgIpc) is 2.55. The molecule has 0 saturated carbocycles. The molecule has 0 radical (unpaired) electrons. The summed E-state index contributed by atoms with van der Waals surface area (Å²) in [6.07, 6.45) is 2.99. The van der Waals surface area contributed by atoms with E-state index in [1.54, 1.807) is 0 Å². The normalized spacial score (nSPS) is 14.9. The van der Waals surface area contributed by atoms with Gasteiger partial charge in [-0.25, -0.2) is 0 Å². The van der Waals surface area contributed by atoms with Gasteiger partial charge in [0.05, 0.1) is 11.7 Å². The van der Waals surface area contributed by atoms with E-state index in [1.807, 2.05) is 18.2 Å². The van der Waals surface area contributed by atoms with Gasteiger partial charge >= 0.3 is 0 Å². The van der Waals surface area contributed by atoms with Crippen molar-refractivity contribution >= 4 is 11.5 Å². The number of hydrogen-bond donors (Lipinski definition) is 1. The molecule has 0 spiro atoms. The van der Waals surface area contributed by atoms with Gasteiger partial charge in [-0.1, -0.05) is 20.8 Å². The fourth-order valence-corrected chi connectivity index (χ4v) is 3.09. The second-order valence-electron chi connectivity index (χ2n) is 5.81. The van der Waals surface area contributed by atoms with Gasteiger partial charge in [0.15, 0.2) is 5.78 Å². The van der Waals surface area contributed by atoms with Gasteiger partial charge < -0.3 is 10.1 Å². The Hall–Kier alpha value is -1.55. The van der Waals surface area contributed by atoms with Gasteiger partial charge in [-0.2, -0.15) is 0 Å². The first-order chi connectivity index (χ1) is 10.7. The molecule has 1 aliphatic heterocycles. The molecule has 1 atom stereocenters. The van der Waals surface area contributed by atoms with Crippen molar-refractivity contribution in [1.82, 2.24) is 4.90 Å². The summed E-state index contributed by atoms with van der Waals surface area (Å²) in [5, 5.41) is 3.30. The third-order valence-corrected chi connectivity index (χ3v) is 4.09. The van der Waals surface area contributed by atoms with Crippen LogP contribution in [0, 0.1) is 0 Å². The predicted octanol–water partition coefficient (Wildman–Crippen LogP) is 3.57. The second kappa shape index (κ2) is 8.18. The summed E-state index contributed by atoms with van der Waals surface area (Å²) in [7, 11) is 0. The zero-order valence-corrected chi connectivity index (χ0v) is 14.0. The number of fused-ring (bicyclic) bond motifs is 1. The van der Waals surface area contributed by atoms with E-state index in [0.29, 0.717) is 6.61 Å². The van der Waals surface area contributed by atoms with E-state index in [4.69, 9.17) is 4.74 Å². The molecule has 1 aromatic carbocycles. The lowest BCUT2D eigenvalue weighted by molar-refractivity contribution is 0.0810. The quantitative estimate of drug-likeness (QED) is 0.745. The van der Waals surface area contributed by atoms with Crippen LogP contribution < -0.4 is 10.1 Å². The van der Waals surface area contributed by atoms with Crippen LogP contribution in [0.5, 0.6) is 5.75 Å². The van der Waals surface area contributed by atoms with Crippen LogP contribution >= 0.6 is 0 Å². The smallest absolute Gasteiger partial charge is 0.180 e. The first kappa shape index (κ1) is 16.8. The summed E-state index contributed by atoms with van der Waals surface area (Å²) in [5.74, 6) is 1.06. The van der Waals surface area contributed by atoms with Crippen LogP contribution in [0.4, 0.5) is 5.69 Å². The largest absolute Gasteiger partial charge is 0.490 e. The first-order valence-electron chi connectivity index (χ1n) is 8.50. The summed E-state index contributed by atoms with van der Waals surface area (Å²) in [5.41, 5.74) is 1.71. The molecule has 22 heavy (non-hydrogen) atoms. The van der Waals surface area contributed by atoms with E-state index in [1.165, 1.54) is 0 Å². The summed E-state index contributed by atoms with van der Waals surface area (Å²) in [6.45, 7) is 9.85. The third kappa shape index (κ3) is 3.80. The van der Waals surface area contributed by atoms with Crippen molar-refractivity contribution in [2.45, 2.75) is 46.1 Å². The molecular weight excluding hydrogens is 276 g/mol. The summed E-state index contributed by atoms with van der Waals surface area (Å²) < 4.78 is 5.59. The lowest BCUT2D eigenvalue weighted by Crippen LogP contribution is -2.41. The number of rotatable bonds is 8. The van der Waals surface area contributed by atoms with E-state index >= 15 is 0 Å². The molecule has 0 aromatic heterocycles. The summed E-state index contributed by atoms with van der Waals surface area (Å²) in [4.78, 5) is 15.3. The molecule has 0 amide bonds. The highest BCUT2D eigenvalue weighted by atomic mass is 16.5. The summed E-state index contributed by atoms with van der Waals surface area (Å²) in [6, 6.07) is 5.72. The SMILES string of the molecule is CCCN(CCC)C(CC)C(=O)c1ccc2c(c1)NCCO2. The minimum atomic E-state index is -0.0255. The highest BCUT2D eigenvalue weighted by molar-refractivity contribution is 6.01. The van der Waals surface area contributed by atoms with E-state index < -0.39 is 0 Å². The number of ketones is 1. The van der Waals surface area contributed by atoms with E-state index in [0.717, 1.165) is 55.9 Å². The van der Waals surface area contributed by atoms with Gasteiger partial charge in [0.2, 0.25) is 0 Å². The molecule has 1 N–H and O–H groups in total. The molecular formula is C18H28N2O2. The Kier molecular flexibility index (Phi) is 6.25. The third-order valence-electron chi connectivity index (χ3n) is 4.09. The molecule has 1 aromatic rings. The Bertz CT molecular complexity index is 496. The lowest BCUT2D eigenvalue weighted by Gasteiger charge is -2.30. The number of nitrogens with one attached hydrogen (secondary N) is 1. The van der Waals surface area contributed by atoms with Crippen LogP contribution in [0.25, 0.3) is 0 Å². The number of carbonyl (C=O) groups excluding carboxylic acids is 1. The van der Waals surface area contributed by atoms with E-state index in [2.05, 4.69) is 31.0 Å². The number of ether oxygens (including phenoxy) is 1. The van der Waals surface area contributed by atoms with Crippen molar-refractivity contribution in [3.8, 4) is 5.75 Å². The Balaban J connectivity index is 2.19. The predicted molar refractivity (Wildman–Crippen MR) is 91.0 cm³/mol. The van der Waals surface area contributed by atoms with Gasteiger partial charge in [-0.05, 0) is 50.6 Å². The molecule has 1 heterocycles. The number of nitrogens with zero attached hydrogens (tertiary/aromatic N) is 1. The number of hydrogen-bond acceptors (Lipinski definition) is 4. The van der Waals surface area contributed by atoms with Crippen LogP contribution in [0.15, 0.2) is 18.2 Å². The van der Waals surface area contributed by atoms with Crippen LogP contribution in [0.3, 0.4) is 0 Å². The molecule has 0 bridgehead atoms. The molecule has 2 rings (SSSR count). The monoisotopic (exact) mass is 304 g/mol. The highest BCUT2D eigenvalue weighted by Crippen LogP contribution is 2.29. The standard InChI is InChI=1S/C18H28N2O2/c1-4-10-20(11-5-2)16(6-3)18(21)14-7-8-17-15(13-14)19-9-12-22-17/h7-8,13,16,19H,4-6,9-12H2,1-3H3. The number of anilines is 1. The van der Waals surface area contributed by atoms with E-state index in [-0.39, 0.29) is 11.8 Å². The fourth-order valence-electron chi connectivity index (χ4n) is 3.09. The Morgan fingerprint density at radius 2 is 2.00 bits per heavy atom. The molecule has 0 saturated heterocycles. The van der Waals surface area contributed by atoms with Gasteiger partial charge in [-0.15, -0.1) is 0 Å². The van der Waals surface area contributed by atoms with Crippen molar-refractivity contribution in [2.24, 2.45) is 0 Å². The topological polar surface area (TPSA) is 41.6 Å². The fraction of sp³-hybridized carbons (Fsp3) is 0.611. The lowest BCUT2D eigenvalue weighted by atomic mass is 9.99. The van der Waals surface area contributed by atoms with Gasteiger partial charge in [0.25, 0.3) is 0 Å². The zero-order chi connectivity index (χ0) is 15.9. The average molecular weight is 304 g/mol. The zero-order valence-electron chi connectivity index (χ0n) is 14.0. The number of Topliss-reactive ketones (excluding diaryl/α,β-unsaturated/α-hetero) is 1. The van der Waals surface area contributed by atoms with Crippen LogP contribution in [-0.2, 0) is 0 Å².